The van der Waals surface area contributed by atoms with Crippen molar-refractivity contribution < 1.29 is 38.2 Å². The van der Waals surface area contributed by atoms with Gasteiger partial charge in [0.2, 0.25) is 5.95 Å². The predicted octanol–water partition coefficient (Wildman–Crippen LogP) is -2.47. The van der Waals surface area contributed by atoms with Gasteiger partial charge in [-0.15, -0.1) is 5.10 Å². The van der Waals surface area contributed by atoms with Gasteiger partial charge in [0.15, 0.2) is 35.1 Å². The van der Waals surface area contributed by atoms with E-state index in [1.807, 2.05) is 0 Å². The Morgan fingerprint density at radius 1 is 0.978 bits per heavy atom. The van der Waals surface area contributed by atoms with Crippen molar-refractivity contribution in [3.8, 4) is 0 Å². The summed E-state index contributed by atoms with van der Waals surface area (Å²) in [5.74, 6) is -0.0546. The topological polar surface area (TPSA) is 305 Å². The first-order valence-corrected chi connectivity index (χ1v) is 15.0. The highest BCUT2D eigenvalue weighted by Crippen LogP contribution is 2.50. The quantitative estimate of drug-likeness (QED) is 0.108. The number of aliphatic hydroxyl groups excluding tert-OH is 2. The maximum absolute atomic E-state index is 13.2. The lowest BCUT2D eigenvalue weighted by atomic mass is 10.1. The first-order valence-electron chi connectivity index (χ1n) is 13.5. The Hall–Kier alpha value is -4.41. The van der Waals surface area contributed by atoms with E-state index in [1.165, 1.54) is 39.0 Å². The van der Waals surface area contributed by atoms with Gasteiger partial charge in [0.25, 0.3) is 5.56 Å². The molecule has 0 aromatic carbocycles. The Kier molecular flexibility index (Phi) is 6.27. The van der Waals surface area contributed by atoms with Crippen molar-refractivity contribution in [3.05, 3.63) is 41.2 Å². The van der Waals surface area contributed by atoms with Crippen LogP contribution in [0.15, 0.2) is 30.0 Å². The number of aliphatic hydroxyl groups is 2. The number of hydrogen-bond donors (Lipinski definition) is 6. The highest BCUT2D eigenvalue weighted by Gasteiger charge is 2.52. The number of aromatic nitrogens is 11. The molecule has 23 heteroatoms. The number of imidazole rings is 2. The van der Waals surface area contributed by atoms with Crippen molar-refractivity contribution in [1.29, 1.82) is 0 Å². The summed E-state index contributed by atoms with van der Waals surface area (Å²) in [6.45, 7) is -0.619. The lowest BCUT2D eigenvalue weighted by Gasteiger charge is -2.24. The van der Waals surface area contributed by atoms with E-state index in [-0.39, 0.29) is 40.5 Å². The van der Waals surface area contributed by atoms with Gasteiger partial charge in [-0.2, -0.15) is 4.98 Å². The van der Waals surface area contributed by atoms with Crippen LogP contribution in [0.2, 0.25) is 0 Å². The highest BCUT2D eigenvalue weighted by atomic mass is 31.2. The summed E-state index contributed by atoms with van der Waals surface area (Å²) >= 11 is 0. The molecule has 9 atom stereocenters. The number of fused-ring (bicyclic) bond motifs is 8. The van der Waals surface area contributed by atoms with Crippen molar-refractivity contribution in [2.75, 3.05) is 18.1 Å². The molecule has 0 amide bonds. The SMILES string of the molecule is Nc1nc2c(ncn2[C@@H]2O[C@@H]3COP(=O)(O)OC4[C@@H](Cc5cn(nn5)[C@H]2C3O)O[C@@H](n2cnc3c(N)ncnc32)[C@H]4O)c(=O)[nH]1. The Labute approximate surface area is 249 Å². The summed E-state index contributed by atoms with van der Waals surface area (Å²) in [6, 6.07) is -1.000. The maximum atomic E-state index is 13.2. The average Bonchev–Trinajstić information content (AvgIpc) is 3.81. The number of nitrogens with one attached hydrogen (secondary N) is 1. The van der Waals surface area contributed by atoms with Gasteiger partial charge in [0.05, 0.1) is 31.1 Å². The fourth-order valence-corrected chi connectivity index (χ4v) is 6.89. The third kappa shape index (κ3) is 4.49. The van der Waals surface area contributed by atoms with Crippen LogP contribution >= 0.6 is 7.82 Å². The Balaban J connectivity index is 1.17. The molecule has 0 spiro atoms. The summed E-state index contributed by atoms with van der Waals surface area (Å²) in [4.78, 5) is 46.0. The number of aromatic amines is 1. The summed E-state index contributed by atoms with van der Waals surface area (Å²) in [5.41, 5.74) is 12.0. The highest BCUT2D eigenvalue weighted by molar-refractivity contribution is 7.47. The lowest BCUT2D eigenvalue weighted by Crippen LogP contribution is -2.35. The molecule has 0 radical (unpaired) electrons. The minimum atomic E-state index is -4.91. The van der Waals surface area contributed by atoms with Crippen LogP contribution in [0.5, 0.6) is 0 Å². The molecule has 5 aromatic heterocycles. The largest absolute Gasteiger partial charge is 0.472 e. The number of phosphoric acid groups is 1. The summed E-state index contributed by atoms with van der Waals surface area (Å²) < 4.78 is 40.3. The van der Waals surface area contributed by atoms with Crippen LogP contribution in [-0.4, -0.2) is 106 Å². The summed E-state index contributed by atoms with van der Waals surface area (Å²) in [5, 5.41) is 31.0. The van der Waals surface area contributed by atoms with Crippen LogP contribution in [0.3, 0.4) is 0 Å². The molecule has 2 saturated heterocycles. The number of phosphoric ester groups is 1. The van der Waals surface area contributed by atoms with Crippen LogP contribution in [0.4, 0.5) is 11.8 Å². The molecular weight excluding hydrogens is 621 g/mol. The van der Waals surface area contributed by atoms with Gasteiger partial charge in [-0.3, -0.25) is 28.0 Å². The number of hydrogen-bond acceptors (Lipinski definition) is 17. The normalized spacial score (nSPS) is 33.6. The second-order valence-electron chi connectivity index (χ2n) is 10.7. The molecular formula is C22H24N13O9P. The van der Waals surface area contributed by atoms with Gasteiger partial charge in [-0.05, 0) is 0 Å². The molecule has 236 valence electrons. The van der Waals surface area contributed by atoms with Crippen LogP contribution < -0.4 is 17.0 Å². The third-order valence-electron chi connectivity index (χ3n) is 7.96. The molecule has 3 aliphatic rings. The molecule has 4 bridgehead atoms. The van der Waals surface area contributed by atoms with Gasteiger partial charge in [0.1, 0.15) is 42.3 Å². The molecule has 3 unspecified atom stereocenters. The lowest BCUT2D eigenvalue weighted by molar-refractivity contribution is -0.0513. The molecule has 0 saturated carbocycles. The number of rotatable bonds is 2. The van der Waals surface area contributed by atoms with E-state index in [2.05, 4.69) is 40.2 Å². The maximum Gasteiger partial charge on any atom is 0.472 e. The van der Waals surface area contributed by atoms with Gasteiger partial charge in [-0.1, -0.05) is 5.21 Å². The number of nitrogens with two attached hydrogens (primary N) is 2. The van der Waals surface area contributed by atoms with Crippen molar-refractivity contribution in [2.45, 2.75) is 55.4 Å². The van der Waals surface area contributed by atoms with Gasteiger partial charge in [0, 0.05) is 12.6 Å². The van der Waals surface area contributed by atoms with Gasteiger partial charge < -0.3 is 36.0 Å². The minimum absolute atomic E-state index is 0.0277. The molecule has 8 rings (SSSR count). The number of nitrogens with zero attached hydrogens (tertiary/aromatic N) is 10. The molecule has 45 heavy (non-hydrogen) atoms. The molecule has 8 heterocycles. The van der Waals surface area contributed by atoms with E-state index >= 15 is 0 Å². The zero-order chi connectivity index (χ0) is 31.2. The zero-order valence-corrected chi connectivity index (χ0v) is 23.6. The van der Waals surface area contributed by atoms with Crippen LogP contribution in [0.1, 0.15) is 24.2 Å². The van der Waals surface area contributed by atoms with E-state index in [1.54, 1.807) is 0 Å². The Morgan fingerprint density at radius 3 is 2.56 bits per heavy atom. The number of anilines is 2. The number of H-pyrrole nitrogens is 1. The number of ether oxygens (including phenoxy) is 2. The van der Waals surface area contributed by atoms with Crippen LogP contribution in [-0.2, 0) is 29.5 Å². The van der Waals surface area contributed by atoms with Crippen molar-refractivity contribution in [2.24, 2.45) is 0 Å². The summed E-state index contributed by atoms with van der Waals surface area (Å²) in [6.07, 6.45) is -3.42. The van der Waals surface area contributed by atoms with Crippen LogP contribution in [0.25, 0.3) is 22.3 Å². The first kappa shape index (κ1) is 28.1. The molecule has 2 fully saturated rings. The fourth-order valence-electron chi connectivity index (χ4n) is 5.92. The molecule has 22 nitrogen and oxygen atoms in total. The smallest absolute Gasteiger partial charge is 0.388 e. The average molecular weight is 645 g/mol. The third-order valence-corrected chi connectivity index (χ3v) is 8.95. The van der Waals surface area contributed by atoms with Crippen LogP contribution in [0, 0.1) is 0 Å². The Morgan fingerprint density at radius 2 is 1.73 bits per heavy atom. The first-order chi connectivity index (χ1) is 21.6. The molecule has 0 aliphatic carbocycles. The number of nitrogen functional groups attached to an aromatic ring is 2. The van der Waals surface area contributed by atoms with E-state index in [4.69, 9.17) is 30.0 Å². The van der Waals surface area contributed by atoms with Gasteiger partial charge >= 0.3 is 7.82 Å². The summed E-state index contributed by atoms with van der Waals surface area (Å²) in [7, 11) is -4.91. The monoisotopic (exact) mass is 645 g/mol. The standard InChI is InChI=1S/C22H24N13O9P/c23-16-10-17(26-4-25-16)33(5-27-10)21-14(37)15-8(42-21)1-7-2-35(32-31-7)12-13(36)9(3-41-45(39,40)44-15)43-20(12)34-6-28-11-18(34)29-22(24)30-19(11)38/h2,4-6,8-9,12-15,20-21,36-37H,1,3H2,(H,39,40)(H2,23,25,26)(H3,24,29,30,38)/t8-,9-,12+,13?,14+,15?,20-,21-/m1/s1. The molecule has 8 N–H and O–H groups in total. The van der Waals surface area contributed by atoms with E-state index < -0.39 is 69.0 Å². The zero-order valence-electron chi connectivity index (χ0n) is 22.7. The Bertz CT molecular complexity index is 2050. The van der Waals surface area contributed by atoms with Crippen molar-refractivity contribution in [3.63, 3.8) is 0 Å². The second kappa shape index (κ2) is 10.1. The van der Waals surface area contributed by atoms with Crippen molar-refractivity contribution in [1.82, 2.24) is 54.0 Å². The minimum Gasteiger partial charge on any atom is -0.388 e. The van der Waals surface area contributed by atoms with E-state index in [9.17, 15) is 24.5 Å². The fraction of sp³-hybridized carbons (Fsp3) is 0.455. The van der Waals surface area contributed by atoms with Gasteiger partial charge in [-0.25, -0.2) is 29.2 Å². The van der Waals surface area contributed by atoms with E-state index in [0.717, 1.165) is 0 Å². The second-order valence-corrected chi connectivity index (χ2v) is 12.1. The van der Waals surface area contributed by atoms with Crippen molar-refractivity contribution >= 4 is 41.9 Å². The molecule has 3 aliphatic heterocycles. The molecule has 5 aromatic rings. The van der Waals surface area contributed by atoms with E-state index in [0.29, 0.717) is 5.69 Å². The predicted molar refractivity (Wildman–Crippen MR) is 146 cm³/mol.